The second-order valence-electron chi connectivity index (χ2n) is 13.3. The molecular formula is C44H47ClN4O3. The Morgan fingerprint density at radius 3 is 2.35 bits per heavy atom. The lowest BCUT2D eigenvalue weighted by molar-refractivity contribution is 0.262. The molecule has 8 heteroatoms. The molecule has 0 saturated carbocycles. The summed E-state index contributed by atoms with van der Waals surface area (Å²) in [5.74, 6) is 2.13. The molecule has 0 spiro atoms. The van der Waals surface area contributed by atoms with Gasteiger partial charge >= 0.3 is 0 Å². The Labute approximate surface area is 313 Å². The molecule has 1 aromatic heterocycles. The van der Waals surface area contributed by atoms with Gasteiger partial charge in [-0.15, -0.1) is 0 Å². The summed E-state index contributed by atoms with van der Waals surface area (Å²) in [5.41, 5.74) is 9.15. The van der Waals surface area contributed by atoms with Gasteiger partial charge in [-0.2, -0.15) is 5.26 Å². The molecule has 0 aliphatic carbocycles. The highest BCUT2D eigenvalue weighted by atomic mass is 35.5. The molecule has 268 valence electrons. The number of hydrogen-bond acceptors (Lipinski definition) is 7. The SMILES string of the molecule is Cc1c(COc2cc(OCc3cncc(C#N)c3)c(CNCCc3ccccc3)cc2Cl)cccc1-c1cccc(OCCCN2CCCC2)c1C. The Kier molecular flexibility index (Phi) is 13.2. The highest BCUT2D eigenvalue weighted by Crippen LogP contribution is 2.36. The summed E-state index contributed by atoms with van der Waals surface area (Å²) in [4.78, 5) is 6.71. The maximum Gasteiger partial charge on any atom is 0.142 e. The van der Waals surface area contributed by atoms with Crippen molar-refractivity contribution in [3.63, 3.8) is 0 Å². The molecule has 7 nitrogen and oxygen atoms in total. The van der Waals surface area contributed by atoms with Gasteiger partial charge < -0.3 is 24.4 Å². The van der Waals surface area contributed by atoms with Gasteiger partial charge in [0.25, 0.3) is 0 Å². The average Bonchev–Trinajstić information content (AvgIpc) is 3.70. The fraction of sp³-hybridized carbons (Fsp3) is 0.318. The highest BCUT2D eigenvalue weighted by Gasteiger charge is 2.16. The third-order valence-corrected chi connectivity index (χ3v) is 9.96. The predicted octanol–water partition coefficient (Wildman–Crippen LogP) is 9.25. The van der Waals surface area contributed by atoms with Crippen molar-refractivity contribution in [1.82, 2.24) is 15.2 Å². The fourth-order valence-electron chi connectivity index (χ4n) is 6.67. The Hall–Kier alpha value is -4.87. The smallest absolute Gasteiger partial charge is 0.142 e. The number of likely N-dealkylation sites (tertiary alicyclic amines) is 1. The summed E-state index contributed by atoms with van der Waals surface area (Å²) in [6, 6.07) is 30.7. The van der Waals surface area contributed by atoms with Gasteiger partial charge in [-0.25, -0.2) is 0 Å². The third kappa shape index (κ3) is 9.92. The number of rotatable bonds is 17. The van der Waals surface area contributed by atoms with Crippen molar-refractivity contribution in [2.75, 3.05) is 32.8 Å². The maximum atomic E-state index is 9.34. The second kappa shape index (κ2) is 18.6. The fourth-order valence-corrected chi connectivity index (χ4v) is 6.92. The molecule has 1 N–H and O–H groups in total. The van der Waals surface area contributed by atoms with Gasteiger partial charge in [-0.1, -0.05) is 72.3 Å². The largest absolute Gasteiger partial charge is 0.493 e. The van der Waals surface area contributed by atoms with E-state index in [1.54, 1.807) is 18.5 Å². The number of nitrogens with zero attached hydrogens (tertiary/aromatic N) is 3. The van der Waals surface area contributed by atoms with Crippen molar-refractivity contribution >= 4 is 11.6 Å². The minimum atomic E-state index is 0.252. The van der Waals surface area contributed by atoms with Gasteiger partial charge in [-0.05, 0) is 111 Å². The molecule has 6 rings (SSSR count). The number of nitriles is 1. The van der Waals surface area contributed by atoms with Crippen LogP contribution in [0.5, 0.6) is 17.2 Å². The second-order valence-corrected chi connectivity index (χ2v) is 13.8. The van der Waals surface area contributed by atoms with E-state index in [1.165, 1.54) is 31.5 Å². The number of halogens is 1. The normalized spacial score (nSPS) is 12.8. The van der Waals surface area contributed by atoms with E-state index in [2.05, 4.69) is 95.8 Å². The third-order valence-electron chi connectivity index (χ3n) is 9.66. The van der Waals surface area contributed by atoms with Crippen molar-refractivity contribution in [3.05, 3.63) is 141 Å². The quantitative estimate of drug-likeness (QED) is 0.0962. The lowest BCUT2D eigenvalue weighted by Gasteiger charge is -2.19. The maximum absolute atomic E-state index is 9.34. The molecule has 5 aromatic rings. The van der Waals surface area contributed by atoms with Crippen LogP contribution in [0.15, 0.2) is 97.3 Å². The van der Waals surface area contributed by atoms with Crippen LogP contribution in [0, 0.1) is 25.2 Å². The Morgan fingerprint density at radius 1 is 0.769 bits per heavy atom. The zero-order valence-electron chi connectivity index (χ0n) is 30.2. The topological polar surface area (TPSA) is 79.6 Å². The number of pyridine rings is 1. The van der Waals surface area contributed by atoms with Crippen molar-refractivity contribution in [1.29, 1.82) is 5.26 Å². The first-order valence-electron chi connectivity index (χ1n) is 18.2. The molecule has 2 heterocycles. The van der Waals surface area contributed by atoms with Crippen molar-refractivity contribution in [2.45, 2.75) is 59.3 Å². The van der Waals surface area contributed by atoms with E-state index in [4.69, 9.17) is 25.8 Å². The van der Waals surface area contributed by atoms with E-state index in [0.29, 0.717) is 41.8 Å². The number of nitrogens with one attached hydrogen (secondary N) is 1. The van der Waals surface area contributed by atoms with Crippen LogP contribution in [0.3, 0.4) is 0 Å². The first kappa shape index (κ1) is 36.9. The molecule has 0 unspecified atom stereocenters. The zero-order chi connectivity index (χ0) is 36.1. The van der Waals surface area contributed by atoms with Crippen molar-refractivity contribution < 1.29 is 14.2 Å². The first-order chi connectivity index (χ1) is 25.5. The van der Waals surface area contributed by atoms with Gasteiger partial charge in [0.15, 0.2) is 0 Å². The van der Waals surface area contributed by atoms with Gasteiger partial charge in [0.1, 0.15) is 36.5 Å². The molecule has 52 heavy (non-hydrogen) atoms. The summed E-state index contributed by atoms with van der Waals surface area (Å²) in [7, 11) is 0. The predicted molar refractivity (Wildman–Crippen MR) is 208 cm³/mol. The molecule has 4 aromatic carbocycles. The van der Waals surface area contributed by atoms with Crippen LogP contribution in [0.25, 0.3) is 11.1 Å². The van der Waals surface area contributed by atoms with Crippen molar-refractivity contribution in [2.24, 2.45) is 0 Å². The van der Waals surface area contributed by atoms with Crippen LogP contribution >= 0.6 is 11.6 Å². The van der Waals surface area contributed by atoms with Crippen LogP contribution < -0.4 is 19.5 Å². The molecule has 0 bridgehead atoms. The first-order valence-corrected chi connectivity index (χ1v) is 18.6. The Bertz CT molecular complexity index is 1970. The minimum absolute atomic E-state index is 0.252. The summed E-state index contributed by atoms with van der Waals surface area (Å²) in [6.45, 7) is 10.5. The molecule has 1 fully saturated rings. The van der Waals surface area contributed by atoms with Crippen LogP contribution in [-0.4, -0.2) is 42.7 Å². The summed E-state index contributed by atoms with van der Waals surface area (Å²) < 4.78 is 19.0. The van der Waals surface area contributed by atoms with Gasteiger partial charge in [0.2, 0.25) is 0 Å². The van der Waals surface area contributed by atoms with Crippen LogP contribution in [-0.2, 0) is 26.2 Å². The number of hydrogen-bond donors (Lipinski definition) is 1. The number of aromatic nitrogens is 1. The Balaban J connectivity index is 1.15. The standard InChI is InChI=1S/C44H47ClN4O3/c1-32-37(13-8-14-39(32)40-15-9-16-42(33(40)2)50-22-10-21-49-19-6-7-20-49)31-52-44-25-43(51-30-36-23-35(26-46)27-48-28-36)38(24-41(44)45)29-47-18-17-34-11-4-3-5-12-34/h3-5,8-9,11-16,23-25,27-28,47H,6-7,10,17-22,29-31H2,1-2H3. The van der Waals surface area contributed by atoms with Crippen molar-refractivity contribution in [3.8, 4) is 34.4 Å². The molecule has 0 amide bonds. The minimum Gasteiger partial charge on any atom is -0.493 e. The van der Waals surface area contributed by atoms with E-state index in [-0.39, 0.29) is 6.61 Å². The molecule has 1 aliphatic rings. The molecule has 0 radical (unpaired) electrons. The van der Waals surface area contributed by atoms with E-state index in [9.17, 15) is 5.26 Å². The van der Waals surface area contributed by atoms with Crippen LogP contribution in [0.2, 0.25) is 5.02 Å². The molecule has 0 atom stereocenters. The molecule has 1 aliphatic heterocycles. The number of ether oxygens (including phenoxy) is 3. The van der Waals surface area contributed by atoms with Gasteiger partial charge in [0.05, 0.1) is 17.2 Å². The van der Waals surface area contributed by atoms with E-state index >= 15 is 0 Å². The molecular weight excluding hydrogens is 668 g/mol. The van der Waals surface area contributed by atoms with E-state index in [1.807, 2.05) is 18.2 Å². The van der Waals surface area contributed by atoms with E-state index in [0.717, 1.165) is 70.6 Å². The van der Waals surface area contributed by atoms with E-state index < -0.39 is 0 Å². The van der Waals surface area contributed by atoms with Gasteiger partial charge in [0, 0.05) is 42.7 Å². The van der Waals surface area contributed by atoms with Crippen LogP contribution in [0.1, 0.15) is 58.2 Å². The lowest BCUT2D eigenvalue weighted by Crippen LogP contribution is -2.22. The Morgan fingerprint density at radius 2 is 1.54 bits per heavy atom. The van der Waals surface area contributed by atoms with Gasteiger partial charge in [-0.3, -0.25) is 4.98 Å². The molecule has 1 saturated heterocycles. The highest BCUT2D eigenvalue weighted by molar-refractivity contribution is 6.32. The summed E-state index contributed by atoms with van der Waals surface area (Å²) in [6.07, 6.45) is 7.81. The zero-order valence-corrected chi connectivity index (χ0v) is 30.9. The average molecular weight is 715 g/mol. The summed E-state index contributed by atoms with van der Waals surface area (Å²) >= 11 is 6.86. The lowest BCUT2D eigenvalue weighted by atomic mass is 9.93. The number of benzene rings is 4. The summed E-state index contributed by atoms with van der Waals surface area (Å²) in [5, 5.41) is 13.4. The monoisotopic (exact) mass is 714 g/mol. The van der Waals surface area contributed by atoms with Crippen LogP contribution in [0.4, 0.5) is 0 Å².